The number of nitrogens with one attached hydrogen (secondary N) is 2. The molecule has 0 bridgehead atoms. The lowest BCUT2D eigenvalue weighted by atomic mass is 10.1. The molecule has 0 unspecified atom stereocenters. The summed E-state index contributed by atoms with van der Waals surface area (Å²) in [5, 5.41) is 7.06. The molecule has 2 aromatic rings. The molecule has 2 rings (SSSR count). The second kappa shape index (κ2) is 8.99. The largest absolute Gasteiger partial charge is 0.489 e. The van der Waals surface area contributed by atoms with Crippen molar-refractivity contribution in [3.63, 3.8) is 0 Å². The molecular formula is C20H25N3O2. The molecule has 5 nitrogen and oxygen atoms in total. The van der Waals surface area contributed by atoms with Crippen LogP contribution in [-0.2, 0) is 11.4 Å². The summed E-state index contributed by atoms with van der Waals surface area (Å²) >= 11 is 0. The lowest BCUT2D eigenvalue weighted by Gasteiger charge is -2.19. The number of ether oxygens (including phenoxy) is 1. The number of rotatable bonds is 7. The average molecular weight is 339 g/mol. The predicted octanol–water partition coefficient (Wildman–Crippen LogP) is 3.10. The van der Waals surface area contributed by atoms with Gasteiger partial charge in [-0.3, -0.25) is 4.79 Å². The number of hydrogen-bond acceptors (Lipinski definition) is 4. The molecule has 132 valence electrons. The Bertz CT molecular complexity index is 689. The highest BCUT2D eigenvalue weighted by Gasteiger charge is 2.10. The Balaban J connectivity index is 1.77. The van der Waals surface area contributed by atoms with Gasteiger partial charge in [-0.2, -0.15) is 5.10 Å². The Kier molecular flexibility index (Phi) is 6.71. The molecule has 0 aromatic heterocycles. The van der Waals surface area contributed by atoms with Gasteiger partial charge >= 0.3 is 0 Å². The van der Waals surface area contributed by atoms with Crippen molar-refractivity contribution in [2.45, 2.75) is 32.9 Å². The van der Waals surface area contributed by atoms with E-state index in [1.165, 1.54) is 0 Å². The van der Waals surface area contributed by atoms with Gasteiger partial charge in [0.05, 0.1) is 12.8 Å². The standard InChI is InChI=1S/C20H25N3O2/c1-20(2,3)21-14-19(24)23-22-13-16-9-11-18(12-10-16)25-15-17-7-5-4-6-8-17/h4-13,21H,14-15H2,1-3H3,(H,23,24)/b22-13-. The highest BCUT2D eigenvalue weighted by atomic mass is 16.5. The molecule has 2 aromatic carbocycles. The molecule has 0 saturated heterocycles. The van der Waals surface area contributed by atoms with Crippen molar-refractivity contribution in [1.29, 1.82) is 0 Å². The van der Waals surface area contributed by atoms with Crippen molar-refractivity contribution >= 4 is 12.1 Å². The minimum absolute atomic E-state index is 0.101. The Labute approximate surface area is 149 Å². The first-order valence-electron chi connectivity index (χ1n) is 8.26. The number of carbonyl (C=O) groups is 1. The van der Waals surface area contributed by atoms with Crippen molar-refractivity contribution in [1.82, 2.24) is 10.7 Å². The Morgan fingerprint density at radius 2 is 1.76 bits per heavy atom. The summed E-state index contributed by atoms with van der Waals surface area (Å²) in [6, 6.07) is 17.6. The van der Waals surface area contributed by atoms with E-state index in [-0.39, 0.29) is 18.0 Å². The van der Waals surface area contributed by atoms with Crippen LogP contribution in [0.4, 0.5) is 0 Å². The number of hydrazone groups is 1. The fourth-order valence-electron chi connectivity index (χ4n) is 1.95. The molecule has 25 heavy (non-hydrogen) atoms. The Hall–Kier alpha value is -2.66. The van der Waals surface area contributed by atoms with E-state index in [2.05, 4.69) is 15.8 Å². The molecule has 0 aliphatic carbocycles. The minimum Gasteiger partial charge on any atom is -0.489 e. The van der Waals surface area contributed by atoms with Gasteiger partial charge in [0.25, 0.3) is 5.91 Å². The van der Waals surface area contributed by atoms with Crippen LogP contribution in [0.3, 0.4) is 0 Å². The van der Waals surface area contributed by atoms with E-state index in [9.17, 15) is 4.79 Å². The second-order valence-corrected chi connectivity index (χ2v) is 6.74. The van der Waals surface area contributed by atoms with Gasteiger partial charge in [0.1, 0.15) is 12.4 Å². The quantitative estimate of drug-likeness (QED) is 0.602. The maximum atomic E-state index is 11.6. The summed E-state index contributed by atoms with van der Waals surface area (Å²) in [7, 11) is 0. The molecule has 0 aliphatic heterocycles. The maximum Gasteiger partial charge on any atom is 0.254 e. The van der Waals surface area contributed by atoms with Crippen LogP contribution in [0.1, 0.15) is 31.9 Å². The van der Waals surface area contributed by atoms with Crippen LogP contribution >= 0.6 is 0 Å². The van der Waals surface area contributed by atoms with Gasteiger partial charge < -0.3 is 10.1 Å². The Morgan fingerprint density at radius 1 is 1.08 bits per heavy atom. The van der Waals surface area contributed by atoms with Gasteiger partial charge in [-0.1, -0.05) is 30.3 Å². The molecule has 0 heterocycles. The van der Waals surface area contributed by atoms with Crippen molar-refractivity contribution in [2.75, 3.05) is 6.54 Å². The van der Waals surface area contributed by atoms with Crippen LogP contribution in [0.2, 0.25) is 0 Å². The first kappa shape index (κ1) is 18.7. The number of benzene rings is 2. The lowest BCUT2D eigenvalue weighted by Crippen LogP contribution is -2.42. The molecule has 0 saturated carbocycles. The van der Waals surface area contributed by atoms with Crippen molar-refractivity contribution in [2.24, 2.45) is 5.10 Å². The SMILES string of the molecule is CC(C)(C)NCC(=O)N/N=C\c1ccc(OCc2ccccc2)cc1. The molecule has 0 aliphatic rings. The molecule has 2 N–H and O–H groups in total. The maximum absolute atomic E-state index is 11.6. The van der Waals surface area contributed by atoms with E-state index in [0.29, 0.717) is 6.61 Å². The van der Waals surface area contributed by atoms with Crippen molar-refractivity contribution in [3.05, 3.63) is 65.7 Å². The van der Waals surface area contributed by atoms with Crippen LogP contribution in [-0.4, -0.2) is 24.2 Å². The third kappa shape index (κ3) is 7.63. The third-order valence-corrected chi connectivity index (χ3v) is 3.31. The minimum atomic E-state index is -0.172. The smallest absolute Gasteiger partial charge is 0.254 e. The average Bonchev–Trinajstić information content (AvgIpc) is 2.60. The monoisotopic (exact) mass is 339 g/mol. The van der Waals surface area contributed by atoms with Gasteiger partial charge in [0.2, 0.25) is 0 Å². The molecule has 0 spiro atoms. The van der Waals surface area contributed by atoms with Gasteiger partial charge in [0.15, 0.2) is 0 Å². The molecule has 0 atom stereocenters. The van der Waals surface area contributed by atoms with Crippen LogP contribution in [0.25, 0.3) is 0 Å². The van der Waals surface area contributed by atoms with Crippen LogP contribution in [0, 0.1) is 0 Å². The van der Waals surface area contributed by atoms with E-state index in [1.54, 1.807) is 6.21 Å². The molecule has 1 amide bonds. The predicted molar refractivity (Wildman–Crippen MR) is 101 cm³/mol. The van der Waals surface area contributed by atoms with E-state index >= 15 is 0 Å². The van der Waals surface area contributed by atoms with Gasteiger partial charge in [-0.25, -0.2) is 5.43 Å². The van der Waals surface area contributed by atoms with Gasteiger partial charge in [-0.05, 0) is 56.2 Å². The fourth-order valence-corrected chi connectivity index (χ4v) is 1.95. The fraction of sp³-hybridized carbons (Fsp3) is 0.300. The number of nitrogens with zero attached hydrogens (tertiary/aromatic N) is 1. The van der Waals surface area contributed by atoms with Crippen LogP contribution in [0.15, 0.2) is 59.7 Å². The summed E-state index contributed by atoms with van der Waals surface area (Å²) in [6.45, 7) is 6.78. The Morgan fingerprint density at radius 3 is 2.40 bits per heavy atom. The van der Waals surface area contributed by atoms with E-state index in [1.807, 2.05) is 75.4 Å². The summed E-state index contributed by atoms with van der Waals surface area (Å²) in [5.41, 5.74) is 4.41. The number of carbonyl (C=O) groups excluding carboxylic acids is 1. The lowest BCUT2D eigenvalue weighted by molar-refractivity contribution is -0.120. The molecule has 5 heteroatoms. The van der Waals surface area contributed by atoms with Crippen LogP contribution in [0.5, 0.6) is 5.75 Å². The summed E-state index contributed by atoms with van der Waals surface area (Å²) < 4.78 is 5.73. The topological polar surface area (TPSA) is 62.7 Å². The molecular weight excluding hydrogens is 314 g/mol. The third-order valence-electron chi connectivity index (χ3n) is 3.31. The van der Waals surface area contributed by atoms with Gasteiger partial charge in [-0.15, -0.1) is 0 Å². The zero-order chi connectivity index (χ0) is 18.1. The second-order valence-electron chi connectivity index (χ2n) is 6.74. The zero-order valence-corrected chi connectivity index (χ0v) is 15.0. The zero-order valence-electron chi connectivity index (χ0n) is 15.0. The van der Waals surface area contributed by atoms with Crippen molar-refractivity contribution < 1.29 is 9.53 Å². The first-order valence-corrected chi connectivity index (χ1v) is 8.26. The number of hydrogen-bond donors (Lipinski definition) is 2. The highest BCUT2D eigenvalue weighted by Crippen LogP contribution is 2.13. The summed E-state index contributed by atoms with van der Waals surface area (Å²) in [5.74, 6) is 0.619. The number of amides is 1. The van der Waals surface area contributed by atoms with Gasteiger partial charge in [0, 0.05) is 5.54 Å². The molecule has 0 radical (unpaired) electrons. The first-order chi connectivity index (χ1) is 11.9. The highest BCUT2D eigenvalue weighted by molar-refractivity contribution is 5.83. The summed E-state index contributed by atoms with van der Waals surface area (Å²) in [6.07, 6.45) is 1.61. The van der Waals surface area contributed by atoms with E-state index < -0.39 is 0 Å². The van der Waals surface area contributed by atoms with Crippen molar-refractivity contribution in [3.8, 4) is 5.75 Å². The normalized spacial score (nSPS) is 11.5. The van der Waals surface area contributed by atoms with Crippen LogP contribution < -0.4 is 15.5 Å². The van der Waals surface area contributed by atoms with E-state index in [0.717, 1.165) is 16.9 Å². The van der Waals surface area contributed by atoms with E-state index in [4.69, 9.17) is 4.74 Å². The molecule has 0 fully saturated rings. The summed E-state index contributed by atoms with van der Waals surface area (Å²) in [4.78, 5) is 11.6.